The Hall–Kier alpha value is -1.35. The Bertz CT molecular complexity index is 368. The van der Waals surface area contributed by atoms with Crippen LogP contribution in [0.2, 0.25) is 0 Å². The van der Waals surface area contributed by atoms with E-state index in [0.29, 0.717) is 0 Å². The fourth-order valence-corrected chi connectivity index (χ4v) is 1.69. The molecule has 0 heterocycles. The Balaban J connectivity index is 2.66. The average Bonchev–Trinajstić information content (AvgIpc) is 2.33. The summed E-state index contributed by atoms with van der Waals surface area (Å²) < 4.78 is 4.85. The molecule has 100 valence electrons. The molecule has 0 radical (unpaired) electrons. The summed E-state index contributed by atoms with van der Waals surface area (Å²) in [7, 11) is 1.42. The van der Waals surface area contributed by atoms with E-state index in [0.717, 1.165) is 18.5 Å². The van der Waals surface area contributed by atoms with Crippen LogP contribution in [0.1, 0.15) is 38.8 Å². The molecule has 1 aromatic rings. The third-order valence-corrected chi connectivity index (χ3v) is 2.79. The number of esters is 1. The third-order valence-electron chi connectivity index (χ3n) is 2.79. The normalized spacial score (nSPS) is 13.1. The number of ether oxygens (including phenoxy) is 1. The van der Waals surface area contributed by atoms with E-state index in [-0.39, 0.29) is 17.4 Å². The molecular weight excluding hydrogens is 226 g/mol. The Labute approximate surface area is 110 Å². The fraction of sp³-hybridized carbons (Fsp3) is 0.533. The Morgan fingerprint density at radius 1 is 1.28 bits per heavy atom. The van der Waals surface area contributed by atoms with Crippen LogP contribution in [-0.2, 0) is 9.53 Å². The molecule has 0 saturated carbocycles. The van der Waals surface area contributed by atoms with Crippen molar-refractivity contribution in [1.82, 2.24) is 5.32 Å². The second-order valence-corrected chi connectivity index (χ2v) is 5.63. The Kier molecular flexibility index (Phi) is 5.35. The van der Waals surface area contributed by atoms with Gasteiger partial charge in [0.25, 0.3) is 0 Å². The summed E-state index contributed by atoms with van der Waals surface area (Å²) in [4.78, 5) is 11.8. The lowest BCUT2D eigenvalue weighted by Gasteiger charge is -2.21. The summed E-state index contributed by atoms with van der Waals surface area (Å²) in [5.41, 5.74) is 1.20. The highest BCUT2D eigenvalue weighted by Gasteiger charge is 2.21. The van der Waals surface area contributed by atoms with Gasteiger partial charge in [0.1, 0.15) is 6.04 Å². The van der Waals surface area contributed by atoms with Gasteiger partial charge in [0.05, 0.1) is 7.11 Å². The molecular formula is C15H23NO2. The first-order valence-corrected chi connectivity index (χ1v) is 6.30. The van der Waals surface area contributed by atoms with Gasteiger partial charge in [0, 0.05) is 0 Å². The van der Waals surface area contributed by atoms with E-state index in [4.69, 9.17) is 4.74 Å². The predicted molar refractivity (Wildman–Crippen MR) is 73.3 cm³/mol. The molecule has 3 heteroatoms. The van der Waals surface area contributed by atoms with Crippen LogP contribution in [0.15, 0.2) is 30.3 Å². The summed E-state index contributed by atoms with van der Waals surface area (Å²) in [6.45, 7) is 7.34. The van der Waals surface area contributed by atoms with Crippen LogP contribution in [0.25, 0.3) is 0 Å². The molecule has 0 spiro atoms. The van der Waals surface area contributed by atoms with E-state index in [1.54, 1.807) is 0 Å². The first-order valence-electron chi connectivity index (χ1n) is 6.30. The molecule has 0 aromatic heterocycles. The topological polar surface area (TPSA) is 38.3 Å². The van der Waals surface area contributed by atoms with Crippen LogP contribution < -0.4 is 5.32 Å². The fourth-order valence-electron chi connectivity index (χ4n) is 1.69. The van der Waals surface area contributed by atoms with Gasteiger partial charge < -0.3 is 10.1 Å². The maximum Gasteiger partial charge on any atom is 0.327 e. The molecule has 0 saturated heterocycles. The van der Waals surface area contributed by atoms with Crippen molar-refractivity contribution < 1.29 is 9.53 Å². The van der Waals surface area contributed by atoms with Gasteiger partial charge in [-0.1, -0.05) is 51.1 Å². The maximum absolute atomic E-state index is 11.8. The highest BCUT2D eigenvalue weighted by molar-refractivity contribution is 5.77. The molecule has 0 aliphatic carbocycles. The molecule has 0 aliphatic heterocycles. The van der Waals surface area contributed by atoms with Crippen molar-refractivity contribution >= 4 is 5.97 Å². The first-order chi connectivity index (χ1) is 8.44. The van der Waals surface area contributed by atoms with Gasteiger partial charge in [-0.3, -0.25) is 0 Å². The molecule has 0 fully saturated rings. The van der Waals surface area contributed by atoms with E-state index in [1.807, 2.05) is 30.3 Å². The van der Waals surface area contributed by atoms with Crippen LogP contribution >= 0.6 is 0 Å². The van der Waals surface area contributed by atoms with Gasteiger partial charge in [-0.05, 0) is 23.9 Å². The highest BCUT2D eigenvalue weighted by Crippen LogP contribution is 2.19. The molecule has 1 aromatic carbocycles. The zero-order valence-corrected chi connectivity index (χ0v) is 11.7. The third kappa shape index (κ3) is 4.88. The SMILES string of the molecule is COC(=O)C(NCCC(C)(C)C)c1ccccc1. The molecule has 1 N–H and O–H groups in total. The van der Waals surface area contributed by atoms with Gasteiger partial charge in [-0.15, -0.1) is 0 Å². The van der Waals surface area contributed by atoms with Crippen LogP contribution in [0.4, 0.5) is 0 Å². The summed E-state index contributed by atoms with van der Waals surface area (Å²) in [5, 5.41) is 3.27. The Morgan fingerprint density at radius 3 is 2.39 bits per heavy atom. The molecule has 0 bridgehead atoms. The minimum absolute atomic E-state index is 0.241. The number of methoxy groups -OCH3 is 1. The summed E-state index contributed by atoms with van der Waals surface area (Å²) in [5.74, 6) is -0.241. The standard InChI is InChI=1S/C15H23NO2/c1-15(2,3)10-11-16-13(14(17)18-4)12-8-6-5-7-9-12/h5-9,13,16H,10-11H2,1-4H3. The number of carbonyl (C=O) groups excluding carboxylic acids is 1. The van der Waals surface area contributed by atoms with E-state index < -0.39 is 0 Å². The zero-order chi connectivity index (χ0) is 13.6. The monoisotopic (exact) mass is 249 g/mol. The number of hydrogen-bond donors (Lipinski definition) is 1. The number of benzene rings is 1. The lowest BCUT2D eigenvalue weighted by molar-refractivity contribution is -0.143. The highest BCUT2D eigenvalue weighted by atomic mass is 16.5. The summed E-state index contributed by atoms with van der Waals surface area (Å²) in [6, 6.07) is 9.29. The lowest BCUT2D eigenvalue weighted by Crippen LogP contribution is -2.31. The summed E-state index contributed by atoms with van der Waals surface area (Å²) in [6.07, 6.45) is 1.01. The largest absolute Gasteiger partial charge is 0.468 e. The molecule has 0 aliphatic rings. The number of rotatable bonds is 5. The quantitative estimate of drug-likeness (QED) is 0.815. The molecule has 1 unspecified atom stereocenters. The lowest BCUT2D eigenvalue weighted by atomic mass is 9.92. The van der Waals surface area contributed by atoms with Crippen molar-refractivity contribution in [3.05, 3.63) is 35.9 Å². The van der Waals surface area contributed by atoms with Gasteiger partial charge in [-0.25, -0.2) is 4.79 Å². The second-order valence-electron chi connectivity index (χ2n) is 5.63. The van der Waals surface area contributed by atoms with Crippen LogP contribution in [0.5, 0.6) is 0 Å². The zero-order valence-electron chi connectivity index (χ0n) is 11.7. The molecule has 18 heavy (non-hydrogen) atoms. The van der Waals surface area contributed by atoms with Gasteiger partial charge in [0.15, 0.2) is 0 Å². The Morgan fingerprint density at radius 2 is 1.89 bits per heavy atom. The number of carbonyl (C=O) groups is 1. The van der Waals surface area contributed by atoms with E-state index in [9.17, 15) is 4.79 Å². The van der Waals surface area contributed by atoms with Crippen molar-refractivity contribution in [3.8, 4) is 0 Å². The molecule has 1 rings (SSSR count). The number of hydrogen-bond acceptors (Lipinski definition) is 3. The first kappa shape index (κ1) is 14.7. The van der Waals surface area contributed by atoms with Crippen LogP contribution in [-0.4, -0.2) is 19.6 Å². The minimum atomic E-state index is -0.376. The second kappa shape index (κ2) is 6.55. The van der Waals surface area contributed by atoms with Crippen LogP contribution in [0, 0.1) is 5.41 Å². The summed E-state index contributed by atoms with van der Waals surface area (Å²) >= 11 is 0. The minimum Gasteiger partial charge on any atom is -0.468 e. The predicted octanol–water partition coefficient (Wildman–Crippen LogP) is 2.93. The average molecular weight is 249 g/mol. The van der Waals surface area contributed by atoms with Gasteiger partial charge in [0.2, 0.25) is 0 Å². The van der Waals surface area contributed by atoms with E-state index in [1.165, 1.54) is 7.11 Å². The van der Waals surface area contributed by atoms with Crippen molar-refractivity contribution in [2.75, 3.05) is 13.7 Å². The molecule has 1 atom stereocenters. The molecule has 3 nitrogen and oxygen atoms in total. The van der Waals surface area contributed by atoms with Crippen molar-refractivity contribution in [3.63, 3.8) is 0 Å². The van der Waals surface area contributed by atoms with Gasteiger partial charge >= 0.3 is 5.97 Å². The van der Waals surface area contributed by atoms with Crippen molar-refractivity contribution in [2.24, 2.45) is 5.41 Å². The van der Waals surface area contributed by atoms with Crippen molar-refractivity contribution in [2.45, 2.75) is 33.2 Å². The number of nitrogens with one attached hydrogen (secondary N) is 1. The van der Waals surface area contributed by atoms with Gasteiger partial charge in [-0.2, -0.15) is 0 Å². The smallest absolute Gasteiger partial charge is 0.327 e. The van der Waals surface area contributed by atoms with Crippen LogP contribution in [0.3, 0.4) is 0 Å². The molecule has 0 amide bonds. The van der Waals surface area contributed by atoms with E-state index in [2.05, 4.69) is 26.1 Å². The van der Waals surface area contributed by atoms with E-state index >= 15 is 0 Å². The van der Waals surface area contributed by atoms with Crippen molar-refractivity contribution in [1.29, 1.82) is 0 Å². The maximum atomic E-state index is 11.8.